The third kappa shape index (κ3) is 24.9. The van der Waals surface area contributed by atoms with Crippen molar-refractivity contribution in [1.82, 2.24) is 0 Å². The second-order valence-corrected chi connectivity index (χ2v) is 4.63. The summed E-state index contributed by atoms with van der Waals surface area (Å²) in [6, 6.07) is 0. The number of halogens is 4. The van der Waals surface area contributed by atoms with E-state index in [9.17, 15) is 0 Å². The molecule has 0 amide bonds. The Hall–Kier alpha value is 1.83. The van der Waals surface area contributed by atoms with E-state index in [1.807, 2.05) is 0 Å². The first-order valence-corrected chi connectivity index (χ1v) is 4.56. The van der Waals surface area contributed by atoms with Gasteiger partial charge in [0.15, 0.2) is 0 Å². The van der Waals surface area contributed by atoms with Crippen molar-refractivity contribution in [3.05, 3.63) is 0 Å². The fraction of sp³-hybridized carbons (Fsp3) is 1.00. The fourth-order valence-electron chi connectivity index (χ4n) is 0. The molecule has 0 aliphatic rings. The molecular weight excluding hydrogens is 230 g/mol. The van der Waals surface area contributed by atoms with Crippen molar-refractivity contribution >= 4 is 23.2 Å². The largest absolute Gasteiger partial charge is 1.00 e. The van der Waals surface area contributed by atoms with Gasteiger partial charge >= 0.3 is 50.7 Å². The van der Waals surface area contributed by atoms with Gasteiger partial charge in [-0.2, -0.15) is 0 Å². The van der Waals surface area contributed by atoms with E-state index in [0.717, 1.165) is 0 Å². The maximum absolute atomic E-state index is 5.28. The zero-order chi connectivity index (χ0) is 4.28. The van der Waals surface area contributed by atoms with Crippen LogP contribution in [0.1, 0.15) is 0 Å². The minimum absolute atomic E-state index is 0. The van der Waals surface area contributed by atoms with Crippen LogP contribution in [0.3, 0.4) is 0 Å². The molecule has 0 bridgehead atoms. The zero-order valence-corrected chi connectivity index (χ0v) is 8.67. The van der Waals surface area contributed by atoms with E-state index in [4.69, 9.17) is 23.2 Å². The monoisotopic (exact) mass is 234 g/mol. The van der Waals surface area contributed by atoms with E-state index in [1.165, 1.54) is 0 Å². The molecule has 0 aliphatic carbocycles. The molecule has 0 saturated heterocycles. The first kappa shape index (κ1) is 22.5. The second-order valence-electron chi connectivity index (χ2n) is 0.589. The average Bonchev–Trinajstić information content (AvgIpc) is 1.38. The normalized spacial score (nSPS) is 5.00. The van der Waals surface area contributed by atoms with Gasteiger partial charge in [-0.25, -0.2) is 0 Å². The number of hydrogen-bond donors (Lipinski definition) is 0. The Morgan fingerprint density at radius 1 is 1.25 bits per heavy atom. The van der Waals surface area contributed by atoms with Crippen molar-refractivity contribution in [2.24, 2.45) is 0 Å². The summed E-state index contributed by atoms with van der Waals surface area (Å²) < 4.78 is -0.0463. The molecule has 0 aromatic heterocycles. The van der Waals surface area contributed by atoms with Crippen LogP contribution < -0.4 is 24.8 Å². The van der Waals surface area contributed by atoms with Crippen molar-refractivity contribution in [3.8, 4) is 0 Å². The van der Waals surface area contributed by atoms with Gasteiger partial charge in [0.1, 0.15) is 0 Å². The van der Waals surface area contributed by atoms with Crippen LogP contribution >= 0.6 is 23.2 Å². The van der Waals surface area contributed by atoms with E-state index in [-0.39, 0.29) is 52.6 Å². The van der Waals surface area contributed by atoms with Gasteiger partial charge in [-0.3, -0.25) is 0 Å². The number of alkyl halides is 2. The van der Waals surface area contributed by atoms with Crippen LogP contribution in [0, 0.1) is 0 Å². The van der Waals surface area contributed by atoms with Gasteiger partial charge in [0.2, 0.25) is 0 Å². The first-order valence-electron chi connectivity index (χ1n) is 1.23. The Morgan fingerprint density at radius 2 is 1.38 bits per heavy atom. The van der Waals surface area contributed by atoms with Gasteiger partial charge < -0.3 is 30.3 Å². The predicted molar refractivity (Wildman–Crippen MR) is 25.0 cm³/mol. The Labute approximate surface area is 80.5 Å². The van der Waals surface area contributed by atoms with Crippen LogP contribution in [0.4, 0.5) is 0 Å². The topological polar surface area (TPSA) is 31.5 Å². The maximum atomic E-state index is 5.28. The van der Waals surface area contributed by atoms with Gasteiger partial charge in [-0.15, -0.1) is 0 Å². The molecule has 0 radical (unpaired) electrons. The number of rotatable bonds is 1. The van der Waals surface area contributed by atoms with E-state index in [1.54, 1.807) is 0 Å². The van der Waals surface area contributed by atoms with Crippen LogP contribution in [0.2, 0.25) is 5.23 Å². The molecule has 0 heterocycles. The maximum Gasteiger partial charge on any atom is -1.00 e. The Balaban J connectivity index is -0.0000000267. The molecule has 0 unspecified atom stereocenters. The Morgan fingerprint density at radius 3 is 1.38 bits per heavy atom. The smallest absolute Gasteiger partial charge is 1.00 e. The van der Waals surface area contributed by atoms with Gasteiger partial charge in [-0.05, 0) is 0 Å². The van der Waals surface area contributed by atoms with Gasteiger partial charge in [0.25, 0.3) is 0 Å². The summed E-state index contributed by atoms with van der Waals surface area (Å²) >= 11 is 10.5. The Kier molecular flexibility index (Phi) is 44.9. The quantitative estimate of drug-likeness (QED) is 0.322. The minimum atomic E-state index is -0.0463. The molecule has 6 heteroatoms. The molecule has 0 saturated carbocycles. The van der Waals surface area contributed by atoms with Crippen LogP contribution in [0.25, 0.3) is 0 Å². The molecule has 0 aliphatic heterocycles. The van der Waals surface area contributed by atoms with Crippen LogP contribution in [0.15, 0.2) is 0 Å². The molecule has 2 N–H and O–H groups in total. The summed E-state index contributed by atoms with van der Waals surface area (Å²) in [7, 11) is 0. The summed E-state index contributed by atoms with van der Waals surface area (Å²) in [5.74, 6) is 0. The van der Waals surface area contributed by atoms with Gasteiger partial charge in [0.05, 0.1) is 0 Å². The molecule has 0 fully saturated rings. The van der Waals surface area contributed by atoms with Crippen LogP contribution in [0.5, 0.6) is 0 Å². The van der Waals surface area contributed by atoms with Crippen molar-refractivity contribution in [3.63, 3.8) is 0 Å². The molecule has 0 atom stereocenters. The molecule has 0 spiro atoms. The van der Waals surface area contributed by atoms with Gasteiger partial charge in [0, 0.05) is 0 Å². The zero-order valence-electron chi connectivity index (χ0n) is 4.09. The van der Waals surface area contributed by atoms with Gasteiger partial charge in [-0.1, -0.05) is 0 Å². The summed E-state index contributed by atoms with van der Waals surface area (Å²) in [5.41, 5.74) is 0. The summed E-state index contributed by atoms with van der Waals surface area (Å²) in [4.78, 5) is 0. The molecule has 1 nitrogen and oxygen atoms in total. The second kappa shape index (κ2) is 15.9. The van der Waals surface area contributed by atoms with Crippen molar-refractivity contribution in [2.75, 3.05) is 0 Å². The van der Waals surface area contributed by atoms with Crippen molar-refractivity contribution in [2.45, 2.75) is 8.37 Å². The first-order chi connectivity index (χ1) is 2.27. The van der Waals surface area contributed by atoms with Crippen molar-refractivity contribution < 1.29 is 49.4 Å². The van der Waals surface area contributed by atoms with E-state index >= 15 is 0 Å². The van der Waals surface area contributed by atoms with E-state index < -0.39 is 0 Å². The summed E-state index contributed by atoms with van der Waals surface area (Å²) in [5, 5.41) is 2.06. The van der Waals surface area contributed by atoms with E-state index in [2.05, 4.69) is 5.23 Å². The average molecular weight is 236 g/mol. The molecule has 8 heavy (non-hydrogen) atoms. The molecule has 0 aromatic carbocycles. The number of hydrogen-bond acceptors (Lipinski definition) is 0. The SMILES string of the molecule is O.[CH3][Ti+2][CH](Cl)Cl.[Cl-].[Cl-]. The van der Waals surface area contributed by atoms with Crippen LogP contribution in [-0.2, 0) is 19.2 Å². The molecular formula is C2H6Cl4OTi. The summed E-state index contributed by atoms with van der Waals surface area (Å²) in [6.07, 6.45) is 0. The Bertz CT molecular complexity index is 28.0. The third-order valence-electron chi connectivity index (χ3n) is 0.218. The molecule has 52 valence electrons. The van der Waals surface area contributed by atoms with Crippen LogP contribution in [-0.4, -0.2) is 8.62 Å². The molecule has 0 aromatic rings. The third-order valence-corrected chi connectivity index (χ3v) is 2.70. The van der Waals surface area contributed by atoms with Crippen molar-refractivity contribution in [1.29, 1.82) is 0 Å². The standard InChI is InChI=1S/CHCl2.CH3.2ClH.H2O.Ti/c2-1-3;;;;;/h1H;1H3;2*1H;1H2;/q;;;;;+2/p-2. The van der Waals surface area contributed by atoms with E-state index in [0.29, 0.717) is 0 Å². The fourth-order valence-corrected chi connectivity index (χ4v) is 0. The molecule has 0 rings (SSSR count). The summed E-state index contributed by atoms with van der Waals surface area (Å²) in [6.45, 7) is 0. The minimum Gasteiger partial charge on any atom is -1.00 e. The predicted octanol–water partition coefficient (Wildman–Crippen LogP) is -4.94.